The van der Waals surface area contributed by atoms with Gasteiger partial charge in [-0.3, -0.25) is 24.6 Å². The Morgan fingerprint density at radius 1 is 1.42 bits per heavy atom. The van der Waals surface area contributed by atoms with Gasteiger partial charge in [-0.25, -0.2) is 0 Å². The van der Waals surface area contributed by atoms with Crippen molar-refractivity contribution < 1.29 is 9.59 Å². The lowest BCUT2D eigenvalue weighted by molar-refractivity contribution is -0.128. The van der Waals surface area contributed by atoms with Crippen molar-refractivity contribution in [1.82, 2.24) is 20.4 Å². The number of nitrogens with one attached hydrogen (secondary N) is 3. The fourth-order valence-electron chi connectivity index (χ4n) is 2.24. The molecule has 0 saturated carbocycles. The molecule has 0 spiro atoms. The van der Waals surface area contributed by atoms with Crippen LogP contribution in [0, 0.1) is 5.92 Å². The maximum atomic E-state index is 12.3. The third-order valence-corrected chi connectivity index (χ3v) is 3.11. The number of H-pyrrole nitrogens is 2. The van der Waals surface area contributed by atoms with Crippen LogP contribution in [0.15, 0.2) is 10.9 Å². The van der Waals surface area contributed by atoms with Crippen molar-refractivity contribution in [2.45, 2.75) is 26.3 Å². The molecule has 1 saturated heterocycles. The first-order valence-electron chi connectivity index (χ1n) is 6.35. The standard InChI is InChI=1S/C12H18N4O3/c1-7(2)5-9-11(18)13-3-4-16(9)12(19)8-6-10(17)15-14-8/h6-7,9H,3-5H2,1-2H3,(H,13,18)(H2,14,15,17). The molecule has 1 aliphatic heterocycles. The molecule has 7 nitrogen and oxygen atoms in total. The highest BCUT2D eigenvalue weighted by atomic mass is 16.2. The molecule has 3 N–H and O–H groups in total. The van der Waals surface area contributed by atoms with Gasteiger partial charge in [0, 0.05) is 19.2 Å². The molecule has 7 heteroatoms. The van der Waals surface area contributed by atoms with Gasteiger partial charge >= 0.3 is 0 Å². The number of amides is 2. The summed E-state index contributed by atoms with van der Waals surface area (Å²) in [5.74, 6) is -0.153. The van der Waals surface area contributed by atoms with Crippen LogP contribution in [0.3, 0.4) is 0 Å². The molecule has 0 radical (unpaired) electrons. The van der Waals surface area contributed by atoms with Crippen LogP contribution in [-0.2, 0) is 4.79 Å². The first-order valence-corrected chi connectivity index (χ1v) is 6.35. The van der Waals surface area contributed by atoms with E-state index in [1.54, 1.807) is 0 Å². The van der Waals surface area contributed by atoms with Gasteiger partial charge in [0.05, 0.1) is 0 Å². The van der Waals surface area contributed by atoms with Gasteiger partial charge in [0.2, 0.25) is 5.91 Å². The molecule has 1 aliphatic rings. The van der Waals surface area contributed by atoms with Crippen LogP contribution in [0.25, 0.3) is 0 Å². The van der Waals surface area contributed by atoms with E-state index < -0.39 is 6.04 Å². The molecule has 0 bridgehead atoms. The lowest BCUT2D eigenvalue weighted by Gasteiger charge is -2.35. The maximum absolute atomic E-state index is 12.3. The molecule has 1 atom stereocenters. The van der Waals surface area contributed by atoms with Gasteiger partial charge in [0.1, 0.15) is 11.7 Å². The zero-order chi connectivity index (χ0) is 14.0. The summed E-state index contributed by atoms with van der Waals surface area (Å²) in [6.45, 7) is 4.90. The topological polar surface area (TPSA) is 98.1 Å². The Morgan fingerprint density at radius 2 is 2.16 bits per heavy atom. The summed E-state index contributed by atoms with van der Waals surface area (Å²) in [6.07, 6.45) is 0.603. The van der Waals surface area contributed by atoms with Gasteiger partial charge in [-0.05, 0) is 12.3 Å². The minimum absolute atomic E-state index is 0.133. The van der Waals surface area contributed by atoms with Crippen LogP contribution in [-0.4, -0.2) is 46.0 Å². The van der Waals surface area contributed by atoms with Crippen LogP contribution in [0.4, 0.5) is 0 Å². The molecule has 2 amide bonds. The number of nitrogens with zero attached hydrogens (tertiary/aromatic N) is 1. The first kappa shape index (κ1) is 13.4. The zero-order valence-electron chi connectivity index (χ0n) is 11.0. The highest BCUT2D eigenvalue weighted by Crippen LogP contribution is 2.16. The van der Waals surface area contributed by atoms with Crippen LogP contribution in [0.1, 0.15) is 30.8 Å². The van der Waals surface area contributed by atoms with Gasteiger partial charge in [-0.2, -0.15) is 0 Å². The molecular weight excluding hydrogens is 248 g/mol. The second-order valence-electron chi connectivity index (χ2n) is 5.11. The van der Waals surface area contributed by atoms with Crippen molar-refractivity contribution in [3.63, 3.8) is 0 Å². The molecule has 104 valence electrons. The number of hydrogen-bond acceptors (Lipinski definition) is 3. The second-order valence-corrected chi connectivity index (χ2v) is 5.11. The molecule has 2 rings (SSSR count). The highest BCUT2D eigenvalue weighted by Gasteiger charge is 2.34. The van der Waals surface area contributed by atoms with E-state index in [0.29, 0.717) is 25.4 Å². The summed E-state index contributed by atoms with van der Waals surface area (Å²) in [5, 5.41) is 7.62. The van der Waals surface area contributed by atoms with Gasteiger partial charge in [0.25, 0.3) is 11.5 Å². The number of piperazine rings is 1. The summed E-state index contributed by atoms with van der Waals surface area (Å²) < 4.78 is 0. The van der Waals surface area contributed by atoms with Crippen molar-refractivity contribution in [2.75, 3.05) is 13.1 Å². The van der Waals surface area contributed by atoms with Crippen LogP contribution in [0.2, 0.25) is 0 Å². The van der Waals surface area contributed by atoms with Gasteiger partial charge in [-0.15, -0.1) is 0 Å². The zero-order valence-corrected chi connectivity index (χ0v) is 11.0. The average molecular weight is 266 g/mol. The van der Waals surface area contributed by atoms with Crippen LogP contribution >= 0.6 is 0 Å². The Hall–Kier alpha value is -2.05. The predicted molar refractivity (Wildman–Crippen MR) is 68.7 cm³/mol. The average Bonchev–Trinajstić information content (AvgIpc) is 2.77. The Labute approximate surface area is 110 Å². The summed E-state index contributed by atoms with van der Waals surface area (Å²) in [4.78, 5) is 36.8. The molecule has 19 heavy (non-hydrogen) atoms. The lowest BCUT2D eigenvalue weighted by atomic mass is 10.00. The molecule has 0 aliphatic carbocycles. The largest absolute Gasteiger partial charge is 0.353 e. The summed E-state index contributed by atoms with van der Waals surface area (Å²) in [6, 6.07) is 0.737. The van der Waals surface area contributed by atoms with E-state index in [1.807, 2.05) is 13.8 Å². The van der Waals surface area contributed by atoms with E-state index in [-0.39, 0.29) is 23.1 Å². The summed E-state index contributed by atoms with van der Waals surface area (Å²) in [7, 11) is 0. The maximum Gasteiger partial charge on any atom is 0.272 e. The molecule has 0 aromatic carbocycles. The third kappa shape index (κ3) is 2.86. The number of hydrogen-bond donors (Lipinski definition) is 3. The Balaban J connectivity index is 2.22. The fraction of sp³-hybridized carbons (Fsp3) is 0.583. The van der Waals surface area contributed by atoms with E-state index in [1.165, 1.54) is 11.0 Å². The number of aromatic nitrogens is 2. The smallest absolute Gasteiger partial charge is 0.272 e. The van der Waals surface area contributed by atoms with Crippen LogP contribution < -0.4 is 10.9 Å². The number of aromatic amines is 2. The molecule has 1 aromatic heterocycles. The normalized spacial score (nSPS) is 19.6. The number of rotatable bonds is 3. The first-order chi connectivity index (χ1) is 8.99. The molecular formula is C12H18N4O3. The van der Waals surface area contributed by atoms with Crippen molar-refractivity contribution >= 4 is 11.8 Å². The highest BCUT2D eigenvalue weighted by molar-refractivity contribution is 5.96. The van der Waals surface area contributed by atoms with Crippen LogP contribution in [0.5, 0.6) is 0 Å². The summed E-state index contributed by atoms with van der Waals surface area (Å²) in [5.41, 5.74) is -0.168. The van der Waals surface area contributed by atoms with Crippen molar-refractivity contribution in [1.29, 1.82) is 0 Å². The Bertz CT molecular complexity index is 531. The van der Waals surface area contributed by atoms with Gasteiger partial charge in [-0.1, -0.05) is 13.8 Å². The molecule has 1 unspecified atom stereocenters. The SMILES string of the molecule is CC(C)CC1C(=O)NCCN1C(=O)c1cc(=O)[nH][nH]1. The predicted octanol–water partition coefficient (Wildman–Crippen LogP) is -0.310. The van der Waals surface area contributed by atoms with Gasteiger partial charge in [0.15, 0.2) is 0 Å². The number of carbonyl (C=O) groups excluding carboxylic acids is 2. The van der Waals surface area contributed by atoms with Crippen molar-refractivity contribution in [3.8, 4) is 0 Å². The van der Waals surface area contributed by atoms with Crippen molar-refractivity contribution in [2.24, 2.45) is 5.92 Å². The minimum atomic E-state index is -0.473. The fourth-order valence-corrected chi connectivity index (χ4v) is 2.24. The lowest BCUT2D eigenvalue weighted by Crippen LogP contribution is -2.57. The second kappa shape index (κ2) is 5.29. The Kier molecular flexibility index (Phi) is 3.73. The monoisotopic (exact) mass is 266 g/mol. The van der Waals surface area contributed by atoms with Gasteiger partial charge < -0.3 is 10.2 Å². The molecule has 1 aromatic rings. The minimum Gasteiger partial charge on any atom is -0.353 e. The quantitative estimate of drug-likeness (QED) is 0.700. The van der Waals surface area contributed by atoms with E-state index >= 15 is 0 Å². The third-order valence-electron chi connectivity index (χ3n) is 3.11. The number of carbonyl (C=O) groups is 2. The molecule has 2 heterocycles. The summed E-state index contributed by atoms with van der Waals surface area (Å²) >= 11 is 0. The molecule has 1 fully saturated rings. The Morgan fingerprint density at radius 3 is 2.74 bits per heavy atom. The van der Waals surface area contributed by atoms with E-state index in [0.717, 1.165) is 0 Å². The van der Waals surface area contributed by atoms with Crippen molar-refractivity contribution in [3.05, 3.63) is 22.1 Å². The van der Waals surface area contributed by atoms with E-state index in [9.17, 15) is 14.4 Å². The van der Waals surface area contributed by atoms with E-state index in [4.69, 9.17) is 0 Å². The van der Waals surface area contributed by atoms with E-state index in [2.05, 4.69) is 15.5 Å².